The number of amides is 2. The van der Waals surface area contributed by atoms with Gasteiger partial charge in [0.05, 0.1) is 40.3 Å². The van der Waals surface area contributed by atoms with Gasteiger partial charge in [-0.15, -0.1) is 0 Å². The predicted molar refractivity (Wildman–Crippen MR) is 95.7 cm³/mol. The van der Waals surface area contributed by atoms with Crippen molar-refractivity contribution >= 4 is 40.7 Å². The molecule has 1 aromatic heterocycles. The second-order valence-corrected chi connectivity index (χ2v) is 7.47. The minimum atomic E-state index is -0.153. The lowest BCUT2D eigenvalue weighted by Crippen LogP contribution is -2.30. The summed E-state index contributed by atoms with van der Waals surface area (Å²) in [6, 6.07) is 5.39. The van der Waals surface area contributed by atoms with E-state index >= 15 is 0 Å². The van der Waals surface area contributed by atoms with Crippen molar-refractivity contribution in [2.24, 2.45) is 11.8 Å². The van der Waals surface area contributed by atoms with Gasteiger partial charge in [-0.25, -0.2) is 4.90 Å². The van der Waals surface area contributed by atoms with Crippen molar-refractivity contribution in [3.63, 3.8) is 0 Å². The van der Waals surface area contributed by atoms with Gasteiger partial charge >= 0.3 is 0 Å². The van der Waals surface area contributed by atoms with Crippen molar-refractivity contribution in [1.29, 1.82) is 0 Å². The van der Waals surface area contributed by atoms with Crippen LogP contribution in [0.25, 0.3) is 0 Å². The molecule has 0 N–H and O–H groups in total. The largest absolute Gasteiger partial charge is 0.274 e. The molecule has 1 aliphatic carbocycles. The second kappa shape index (κ2) is 6.46. The van der Waals surface area contributed by atoms with Crippen LogP contribution in [0.3, 0.4) is 0 Å². The van der Waals surface area contributed by atoms with Crippen molar-refractivity contribution in [3.8, 4) is 0 Å². The summed E-state index contributed by atoms with van der Waals surface area (Å²) in [5.74, 6) is -0.466. The number of hydrogen-bond acceptors (Lipinski definition) is 3. The number of benzene rings is 1. The van der Waals surface area contributed by atoms with Gasteiger partial charge in [-0.05, 0) is 30.5 Å². The van der Waals surface area contributed by atoms with Crippen LogP contribution in [0.15, 0.2) is 30.6 Å². The van der Waals surface area contributed by atoms with Crippen LogP contribution in [0.5, 0.6) is 0 Å². The van der Waals surface area contributed by atoms with Crippen molar-refractivity contribution in [1.82, 2.24) is 9.78 Å². The zero-order valence-corrected chi connectivity index (χ0v) is 15.0. The lowest BCUT2D eigenvalue weighted by atomic mass is 9.81. The Morgan fingerprint density at radius 2 is 1.72 bits per heavy atom. The molecular formula is C18H17Cl2N3O2. The van der Waals surface area contributed by atoms with E-state index in [1.54, 1.807) is 29.2 Å². The van der Waals surface area contributed by atoms with Crippen molar-refractivity contribution in [2.75, 3.05) is 4.90 Å². The highest BCUT2D eigenvalue weighted by atomic mass is 35.5. The van der Waals surface area contributed by atoms with E-state index in [-0.39, 0.29) is 23.7 Å². The number of carbonyl (C=O) groups excluding carboxylic acids is 2. The normalized spacial score (nSPS) is 23.2. The van der Waals surface area contributed by atoms with Gasteiger partial charge in [-0.2, -0.15) is 5.10 Å². The molecular weight excluding hydrogens is 361 g/mol. The molecule has 130 valence electrons. The summed E-state index contributed by atoms with van der Waals surface area (Å²) in [7, 11) is 0. The molecule has 0 radical (unpaired) electrons. The Morgan fingerprint density at radius 1 is 1.04 bits per heavy atom. The van der Waals surface area contributed by atoms with E-state index in [4.69, 9.17) is 23.2 Å². The third-order valence-corrected chi connectivity index (χ3v) is 5.79. The maximum atomic E-state index is 12.6. The first kappa shape index (κ1) is 16.6. The van der Waals surface area contributed by atoms with Crippen LogP contribution >= 0.6 is 23.2 Å². The highest BCUT2D eigenvalue weighted by Crippen LogP contribution is 2.39. The van der Waals surface area contributed by atoms with Crippen molar-refractivity contribution in [3.05, 3.63) is 46.2 Å². The molecule has 7 heteroatoms. The van der Waals surface area contributed by atoms with Gasteiger partial charge in [0.15, 0.2) is 0 Å². The Labute approximate surface area is 155 Å². The smallest absolute Gasteiger partial charge is 0.237 e. The molecule has 1 aliphatic heterocycles. The van der Waals surface area contributed by atoms with E-state index in [9.17, 15) is 9.59 Å². The first-order chi connectivity index (χ1) is 12.0. The zero-order chi connectivity index (χ0) is 17.6. The summed E-state index contributed by atoms with van der Waals surface area (Å²) >= 11 is 12.0. The van der Waals surface area contributed by atoms with E-state index in [2.05, 4.69) is 5.10 Å². The number of anilines is 1. The minimum absolute atomic E-state index is 0.0798. The molecule has 1 saturated heterocycles. The van der Waals surface area contributed by atoms with Gasteiger partial charge in [0.25, 0.3) is 0 Å². The summed E-state index contributed by atoms with van der Waals surface area (Å²) in [6.45, 7) is 0.486. The average molecular weight is 378 g/mol. The van der Waals surface area contributed by atoms with Gasteiger partial charge in [0.2, 0.25) is 11.8 Å². The maximum Gasteiger partial charge on any atom is 0.237 e. The number of fused-ring (bicyclic) bond motifs is 1. The number of aromatic nitrogens is 2. The summed E-state index contributed by atoms with van der Waals surface area (Å²) < 4.78 is 1.69. The van der Waals surface area contributed by atoms with E-state index in [0.717, 1.165) is 31.2 Å². The molecule has 2 heterocycles. The Balaban J connectivity index is 1.55. The maximum absolute atomic E-state index is 12.6. The summed E-state index contributed by atoms with van der Waals surface area (Å²) in [5.41, 5.74) is 1.49. The van der Waals surface area contributed by atoms with E-state index in [0.29, 0.717) is 22.3 Å². The SMILES string of the molecule is O=C1[C@H]2CCCC[C@H]2C(=O)N1c1cnn(Cc2ccc(Cl)c(Cl)c2)c1. The second-order valence-electron chi connectivity index (χ2n) is 6.65. The summed E-state index contributed by atoms with van der Waals surface area (Å²) in [4.78, 5) is 26.6. The summed E-state index contributed by atoms with van der Waals surface area (Å²) in [5, 5.41) is 5.28. The van der Waals surface area contributed by atoms with E-state index in [1.807, 2.05) is 6.07 Å². The molecule has 2 fully saturated rings. The first-order valence-electron chi connectivity index (χ1n) is 8.39. The summed E-state index contributed by atoms with van der Waals surface area (Å²) in [6.07, 6.45) is 6.96. The van der Waals surface area contributed by atoms with Gasteiger partial charge in [0.1, 0.15) is 0 Å². The highest BCUT2D eigenvalue weighted by Gasteiger charge is 2.49. The Kier molecular flexibility index (Phi) is 4.29. The van der Waals surface area contributed by atoms with E-state index in [1.165, 1.54) is 4.90 Å². The van der Waals surface area contributed by atoms with Gasteiger partial charge in [0, 0.05) is 6.20 Å². The van der Waals surface area contributed by atoms with Crippen molar-refractivity contribution in [2.45, 2.75) is 32.2 Å². The van der Waals surface area contributed by atoms with Gasteiger partial charge in [-0.3, -0.25) is 14.3 Å². The van der Waals surface area contributed by atoms with Crippen LogP contribution in [0.1, 0.15) is 31.2 Å². The fourth-order valence-electron chi connectivity index (χ4n) is 3.80. The fraction of sp³-hybridized carbons (Fsp3) is 0.389. The predicted octanol–water partition coefficient (Wildman–Crippen LogP) is 3.92. The van der Waals surface area contributed by atoms with Crippen LogP contribution in [0, 0.1) is 11.8 Å². The van der Waals surface area contributed by atoms with Gasteiger partial charge < -0.3 is 0 Å². The molecule has 2 aromatic rings. The molecule has 1 aromatic carbocycles. The third-order valence-electron chi connectivity index (χ3n) is 5.05. The topological polar surface area (TPSA) is 55.2 Å². The molecule has 4 rings (SSSR count). The monoisotopic (exact) mass is 377 g/mol. The van der Waals surface area contributed by atoms with Crippen LogP contribution in [0.4, 0.5) is 5.69 Å². The lowest BCUT2D eigenvalue weighted by molar-refractivity contribution is -0.122. The lowest BCUT2D eigenvalue weighted by Gasteiger charge is -2.19. The molecule has 0 spiro atoms. The van der Waals surface area contributed by atoms with Crippen LogP contribution in [0.2, 0.25) is 10.0 Å². The van der Waals surface area contributed by atoms with Gasteiger partial charge in [-0.1, -0.05) is 42.1 Å². The van der Waals surface area contributed by atoms with E-state index < -0.39 is 0 Å². The molecule has 0 unspecified atom stereocenters. The third kappa shape index (κ3) is 2.96. The Hall–Kier alpha value is -1.85. The van der Waals surface area contributed by atoms with Crippen molar-refractivity contribution < 1.29 is 9.59 Å². The average Bonchev–Trinajstić information content (AvgIpc) is 3.15. The number of carbonyl (C=O) groups is 2. The standard InChI is InChI=1S/C18H17Cl2N3O2/c19-15-6-5-11(7-16(15)20)9-22-10-12(8-21-22)23-17(24)13-3-1-2-4-14(13)18(23)25/h5-8,10,13-14H,1-4,9H2/t13-,14+. The van der Waals surface area contributed by atoms with Crippen LogP contribution in [-0.2, 0) is 16.1 Å². The molecule has 2 atom stereocenters. The Bertz CT molecular complexity index is 825. The Morgan fingerprint density at radius 3 is 2.36 bits per heavy atom. The molecule has 0 bridgehead atoms. The first-order valence-corrected chi connectivity index (χ1v) is 9.14. The molecule has 2 aliphatic rings. The molecule has 1 saturated carbocycles. The minimum Gasteiger partial charge on any atom is -0.274 e. The number of imide groups is 1. The fourth-order valence-corrected chi connectivity index (χ4v) is 4.12. The quantitative estimate of drug-likeness (QED) is 0.761. The molecule has 5 nitrogen and oxygen atoms in total. The number of nitrogens with zero attached hydrogens (tertiary/aromatic N) is 3. The number of halogens is 2. The molecule has 2 amide bonds. The number of hydrogen-bond donors (Lipinski definition) is 0. The number of rotatable bonds is 3. The van der Waals surface area contributed by atoms with Crippen LogP contribution < -0.4 is 4.90 Å². The van der Waals surface area contributed by atoms with Crippen LogP contribution in [-0.4, -0.2) is 21.6 Å². The highest BCUT2D eigenvalue weighted by molar-refractivity contribution is 6.42. The molecule has 25 heavy (non-hydrogen) atoms. The zero-order valence-electron chi connectivity index (χ0n) is 13.5.